The van der Waals surface area contributed by atoms with Crippen LogP contribution in [-0.4, -0.2) is 50.5 Å². The molecule has 7 nitrogen and oxygen atoms in total. The van der Waals surface area contributed by atoms with Crippen LogP contribution < -0.4 is 9.62 Å². The maximum absolute atomic E-state index is 14.1. The van der Waals surface area contributed by atoms with Gasteiger partial charge >= 0.3 is 0 Å². The van der Waals surface area contributed by atoms with Crippen LogP contribution in [0.5, 0.6) is 0 Å². The summed E-state index contributed by atoms with van der Waals surface area (Å²) in [6.07, 6.45) is 2.08. The van der Waals surface area contributed by atoms with Gasteiger partial charge in [-0.2, -0.15) is 0 Å². The molecule has 0 heterocycles. The van der Waals surface area contributed by atoms with Crippen molar-refractivity contribution in [1.29, 1.82) is 0 Å². The molecule has 3 rings (SSSR count). The summed E-state index contributed by atoms with van der Waals surface area (Å²) in [6.45, 7) is 5.77. The normalized spacial score (nSPS) is 12.0. The van der Waals surface area contributed by atoms with Crippen molar-refractivity contribution in [2.45, 2.75) is 46.2 Å². The quantitative estimate of drug-likeness (QED) is 0.336. The number of hydrogen-bond acceptors (Lipinski definition) is 4. The largest absolute Gasteiger partial charge is 0.354 e. The molecule has 0 aliphatic heterocycles. The molecule has 0 aromatic heterocycles. The lowest BCUT2D eigenvalue weighted by Gasteiger charge is -2.34. The van der Waals surface area contributed by atoms with Gasteiger partial charge in [-0.3, -0.25) is 13.9 Å². The van der Waals surface area contributed by atoms with E-state index in [2.05, 4.69) is 5.32 Å². The number of amides is 2. The van der Waals surface area contributed by atoms with Gasteiger partial charge in [0.2, 0.25) is 21.8 Å². The summed E-state index contributed by atoms with van der Waals surface area (Å²) in [5, 5.41) is 3.33. The Morgan fingerprint density at radius 3 is 2.21 bits per heavy atom. The average molecular weight is 570 g/mol. The molecule has 0 spiro atoms. The van der Waals surface area contributed by atoms with Gasteiger partial charge < -0.3 is 10.2 Å². The molecular weight excluding hydrogens is 534 g/mol. The zero-order chi connectivity index (χ0) is 28.6. The summed E-state index contributed by atoms with van der Waals surface area (Å²) in [7, 11) is -3.86. The Labute approximate surface area is 236 Å². The Morgan fingerprint density at radius 2 is 1.59 bits per heavy atom. The molecule has 1 atom stereocenters. The van der Waals surface area contributed by atoms with Crippen molar-refractivity contribution >= 4 is 39.1 Å². The monoisotopic (exact) mass is 569 g/mol. The molecular formula is C30H36ClN3O4S. The first-order chi connectivity index (χ1) is 18.5. The predicted molar refractivity (Wildman–Crippen MR) is 157 cm³/mol. The summed E-state index contributed by atoms with van der Waals surface area (Å²) in [4.78, 5) is 29.0. The lowest BCUT2D eigenvalue weighted by molar-refractivity contribution is -0.140. The van der Waals surface area contributed by atoms with Crippen molar-refractivity contribution in [1.82, 2.24) is 10.2 Å². The smallest absolute Gasteiger partial charge is 0.244 e. The van der Waals surface area contributed by atoms with Gasteiger partial charge in [0.05, 0.1) is 11.9 Å². The molecule has 0 unspecified atom stereocenters. The molecule has 0 aliphatic rings. The number of nitrogens with zero attached hydrogens (tertiary/aromatic N) is 2. The minimum Gasteiger partial charge on any atom is -0.354 e. The van der Waals surface area contributed by atoms with Crippen LogP contribution in [0.25, 0.3) is 0 Å². The van der Waals surface area contributed by atoms with Crippen LogP contribution in [0, 0.1) is 13.8 Å². The summed E-state index contributed by atoms with van der Waals surface area (Å²) in [5.41, 5.74) is 3.66. The van der Waals surface area contributed by atoms with E-state index in [1.54, 1.807) is 25.1 Å². The minimum atomic E-state index is -3.86. The van der Waals surface area contributed by atoms with Crippen molar-refractivity contribution in [3.05, 3.63) is 100 Å². The number of benzene rings is 3. The van der Waals surface area contributed by atoms with Crippen molar-refractivity contribution in [3.63, 3.8) is 0 Å². The number of rotatable bonds is 12. The lowest BCUT2D eigenvalue weighted by Crippen LogP contribution is -2.53. The van der Waals surface area contributed by atoms with Gasteiger partial charge in [0.15, 0.2) is 0 Å². The molecule has 2 amide bonds. The molecule has 3 aromatic rings. The van der Waals surface area contributed by atoms with Crippen molar-refractivity contribution < 1.29 is 18.0 Å². The second kappa shape index (κ2) is 13.6. The fraction of sp³-hybridized carbons (Fsp3) is 0.333. The highest BCUT2D eigenvalue weighted by atomic mass is 35.5. The van der Waals surface area contributed by atoms with E-state index < -0.39 is 28.5 Å². The second-order valence-electron chi connectivity index (χ2n) is 9.66. The molecule has 9 heteroatoms. The van der Waals surface area contributed by atoms with Crippen LogP contribution in [0.3, 0.4) is 0 Å². The summed E-state index contributed by atoms with van der Waals surface area (Å²) in [6, 6.07) is 21.3. The highest BCUT2D eigenvalue weighted by Gasteiger charge is 2.33. The Hall–Kier alpha value is -3.36. The number of carbonyl (C=O) groups is 2. The van der Waals surface area contributed by atoms with E-state index in [1.165, 1.54) is 4.90 Å². The van der Waals surface area contributed by atoms with Crippen LogP contribution in [0.15, 0.2) is 72.8 Å². The first-order valence-electron chi connectivity index (χ1n) is 12.9. The SMILES string of the molecule is CCCNC(=O)[C@H](Cc1ccccc1)N(Cc1ccc(C)cc1)C(=O)CN(c1cccc(Cl)c1C)S(C)(=O)=O. The van der Waals surface area contributed by atoms with E-state index in [-0.39, 0.29) is 18.9 Å². The van der Waals surface area contributed by atoms with Gasteiger partial charge in [0.25, 0.3) is 0 Å². The van der Waals surface area contributed by atoms with Gasteiger partial charge in [-0.25, -0.2) is 8.42 Å². The van der Waals surface area contributed by atoms with E-state index in [9.17, 15) is 18.0 Å². The molecule has 0 radical (unpaired) electrons. The van der Waals surface area contributed by atoms with E-state index in [0.717, 1.165) is 33.7 Å². The maximum Gasteiger partial charge on any atom is 0.244 e. The first-order valence-corrected chi connectivity index (χ1v) is 15.1. The van der Waals surface area contributed by atoms with Crippen LogP contribution in [0.4, 0.5) is 5.69 Å². The second-order valence-corrected chi connectivity index (χ2v) is 12.0. The van der Waals surface area contributed by atoms with E-state index in [4.69, 9.17) is 11.6 Å². The molecule has 208 valence electrons. The van der Waals surface area contributed by atoms with Crippen LogP contribution in [0.1, 0.15) is 35.6 Å². The summed E-state index contributed by atoms with van der Waals surface area (Å²) >= 11 is 6.29. The number of carbonyl (C=O) groups excluding carboxylic acids is 2. The van der Waals surface area contributed by atoms with Crippen LogP contribution in [-0.2, 0) is 32.6 Å². The third kappa shape index (κ3) is 8.31. The van der Waals surface area contributed by atoms with Gasteiger partial charge in [-0.05, 0) is 49.1 Å². The topological polar surface area (TPSA) is 86.8 Å². The molecule has 0 fully saturated rings. The predicted octanol–water partition coefficient (Wildman–Crippen LogP) is 4.89. The Kier molecular flexibility index (Phi) is 10.5. The standard InChI is InChI=1S/C30H36ClN3O4S/c1-5-18-32-30(36)28(19-24-10-7-6-8-11-24)33(20-25-16-14-22(2)15-17-25)29(35)21-34(39(4,37)38)27-13-9-12-26(31)23(27)3/h6-17,28H,5,18-21H2,1-4H3,(H,32,36)/t28-/m0/s1. The van der Waals surface area contributed by atoms with Crippen molar-refractivity contribution in [2.75, 3.05) is 23.7 Å². The highest BCUT2D eigenvalue weighted by molar-refractivity contribution is 7.92. The molecule has 0 bridgehead atoms. The molecule has 39 heavy (non-hydrogen) atoms. The van der Waals surface area contributed by atoms with E-state index in [0.29, 0.717) is 22.8 Å². The van der Waals surface area contributed by atoms with Gasteiger partial charge in [0, 0.05) is 24.5 Å². The third-order valence-electron chi connectivity index (χ3n) is 6.48. The first kappa shape index (κ1) is 30.2. The van der Waals surface area contributed by atoms with Gasteiger partial charge in [-0.15, -0.1) is 0 Å². The summed E-state index contributed by atoms with van der Waals surface area (Å²) in [5.74, 6) is -0.779. The van der Waals surface area contributed by atoms with Crippen LogP contribution >= 0.6 is 11.6 Å². The van der Waals surface area contributed by atoms with Crippen molar-refractivity contribution in [3.8, 4) is 0 Å². The zero-order valence-corrected chi connectivity index (χ0v) is 24.4. The van der Waals surface area contributed by atoms with Gasteiger partial charge in [0.1, 0.15) is 12.6 Å². The third-order valence-corrected chi connectivity index (χ3v) is 8.02. The van der Waals surface area contributed by atoms with Gasteiger partial charge in [-0.1, -0.05) is 84.8 Å². The molecule has 0 saturated heterocycles. The molecule has 0 saturated carbocycles. The lowest BCUT2D eigenvalue weighted by atomic mass is 10.0. The highest BCUT2D eigenvalue weighted by Crippen LogP contribution is 2.28. The Bertz CT molecular complexity index is 1380. The molecule has 1 N–H and O–H groups in total. The van der Waals surface area contributed by atoms with Crippen molar-refractivity contribution in [2.24, 2.45) is 0 Å². The fourth-order valence-corrected chi connectivity index (χ4v) is 5.34. The number of aryl methyl sites for hydroxylation is 1. The van der Waals surface area contributed by atoms with Crippen LogP contribution in [0.2, 0.25) is 5.02 Å². The number of nitrogens with one attached hydrogen (secondary N) is 1. The number of hydrogen-bond donors (Lipinski definition) is 1. The maximum atomic E-state index is 14.1. The minimum absolute atomic E-state index is 0.141. The van der Waals surface area contributed by atoms with E-state index in [1.807, 2.05) is 68.4 Å². The number of sulfonamides is 1. The Balaban J connectivity index is 2.06. The number of halogens is 1. The molecule has 0 aliphatic carbocycles. The fourth-order valence-electron chi connectivity index (χ4n) is 4.27. The number of anilines is 1. The van der Waals surface area contributed by atoms with E-state index >= 15 is 0 Å². The average Bonchev–Trinajstić information content (AvgIpc) is 2.90. The summed E-state index contributed by atoms with van der Waals surface area (Å²) < 4.78 is 26.9. The zero-order valence-electron chi connectivity index (χ0n) is 22.9. The Morgan fingerprint density at radius 1 is 0.923 bits per heavy atom. The molecule has 3 aromatic carbocycles.